The molecule has 0 spiro atoms. The third kappa shape index (κ3) is 3.25. The quantitative estimate of drug-likeness (QED) is 0.492. The molecule has 0 radical (unpaired) electrons. The zero-order valence-corrected chi connectivity index (χ0v) is 11.5. The molecule has 0 aliphatic carbocycles. The molecule has 0 aliphatic rings. The number of benzene rings is 2. The minimum atomic E-state index is -4.05. The van der Waals surface area contributed by atoms with Crippen LogP contribution in [0.2, 0.25) is 5.02 Å². The molecule has 0 atom stereocenters. The lowest BCUT2D eigenvalue weighted by atomic mass is 10.3. The van der Waals surface area contributed by atoms with Crippen molar-refractivity contribution in [3.8, 4) is 5.75 Å². The van der Waals surface area contributed by atoms with E-state index in [1.165, 1.54) is 12.1 Å². The molecule has 0 fully saturated rings. The van der Waals surface area contributed by atoms with E-state index < -0.39 is 15.0 Å². The Morgan fingerprint density at radius 1 is 1.10 bits per heavy atom. The first-order chi connectivity index (χ1) is 9.38. The van der Waals surface area contributed by atoms with E-state index in [1.54, 1.807) is 12.1 Å². The van der Waals surface area contributed by atoms with Crippen LogP contribution < -0.4 is 4.18 Å². The third-order valence-electron chi connectivity index (χ3n) is 2.34. The van der Waals surface area contributed by atoms with Crippen molar-refractivity contribution in [1.29, 1.82) is 0 Å². The summed E-state index contributed by atoms with van der Waals surface area (Å²) in [6.07, 6.45) is 0. The first kappa shape index (κ1) is 14.3. The van der Waals surface area contributed by atoms with Crippen molar-refractivity contribution in [3.63, 3.8) is 0 Å². The van der Waals surface area contributed by atoms with Crippen LogP contribution in [0.5, 0.6) is 5.75 Å². The van der Waals surface area contributed by atoms with Gasteiger partial charge in [-0.15, -0.1) is 0 Å². The second-order valence-electron chi connectivity index (χ2n) is 3.75. The summed E-state index contributed by atoms with van der Waals surface area (Å²) in [6, 6.07) is 10.3. The predicted octanol–water partition coefficient (Wildman–Crippen LogP) is 3.02. The topological polar surface area (TPSA) is 86.5 Å². The SMILES string of the molecule is O=[N+]([O-])c1ccc(S(=O)(=O)Oc2cccc(Cl)c2)cc1. The molecule has 2 aromatic rings. The summed E-state index contributed by atoms with van der Waals surface area (Å²) < 4.78 is 28.8. The maximum Gasteiger partial charge on any atom is 0.339 e. The van der Waals surface area contributed by atoms with E-state index in [9.17, 15) is 18.5 Å². The molecular formula is C12H8ClNO5S. The average molecular weight is 314 g/mol. The van der Waals surface area contributed by atoms with Crippen LogP contribution in [0.15, 0.2) is 53.4 Å². The highest BCUT2D eigenvalue weighted by molar-refractivity contribution is 7.87. The second-order valence-corrected chi connectivity index (χ2v) is 5.73. The Morgan fingerprint density at radius 3 is 2.30 bits per heavy atom. The molecule has 0 amide bonds. The molecule has 8 heteroatoms. The minimum Gasteiger partial charge on any atom is -0.379 e. The standard InChI is InChI=1S/C12H8ClNO5S/c13-9-2-1-3-11(8-9)19-20(17,18)12-6-4-10(5-7-12)14(15)16/h1-8H. The number of nitro groups is 1. The summed E-state index contributed by atoms with van der Waals surface area (Å²) in [7, 11) is -4.05. The van der Waals surface area contributed by atoms with Crippen molar-refractivity contribution < 1.29 is 17.5 Å². The van der Waals surface area contributed by atoms with Crippen LogP contribution in [-0.2, 0) is 10.1 Å². The highest BCUT2D eigenvalue weighted by Gasteiger charge is 2.18. The second kappa shape index (κ2) is 5.48. The first-order valence-electron chi connectivity index (χ1n) is 5.33. The van der Waals surface area contributed by atoms with Crippen LogP contribution in [-0.4, -0.2) is 13.3 Å². The van der Waals surface area contributed by atoms with Crippen LogP contribution in [0.1, 0.15) is 0 Å². The van der Waals surface area contributed by atoms with Crippen LogP contribution in [0, 0.1) is 10.1 Å². The van der Waals surface area contributed by atoms with Gasteiger partial charge in [0.05, 0.1) is 4.92 Å². The van der Waals surface area contributed by atoms with Gasteiger partial charge in [0.1, 0.15) is 10.6 Å². The lowest BCUT2D eigenvalue weighted by Gasteiger charge is -2.06. The Balaban J connectivity index is 2.28. The summed E-state index contributed by atoms with van der Waals surface area (Å²) in [5, 5.41) is 10.8. The van der Waals surface area contributed by atoms with Gasteiger partial charge in [-0.3, -0.25) is 10.1 Å². The van der Waals surface area contributed by atoms with Gasteiger partial charge in [-0.05, 0) is 24.3 Å². The molecule has 0 aliphatic heterocycles. The molecular weight excluding hydrogens is 306 g/mol. The van der Waals surface area contributed by atoms with Crippen LogP contribution >= 0.6 is 11.6 Å². The maximum absolute atomic E-state index is 12.0. The van der Waals surface area contributed by atoms with Gasteiger partial charge in [-0.1, -0.05) is 17.7 Å². The zero-order valence-electron chi connectivity index (χ0n) is 9.89. The summed E-state index contributed by atoms with van der Waals surface area (Å²) in [5.41, 5.74) is -0.202. The average Bonchev–Trinajstić information content (AvgIpc) is 2.38. The lowest BCUT2D eigenvalue weighted by molar-refractivity contribution is -0.384. The number of nitro benzene ring substituents is 1. The highest BCUT2D eigenvalue weighted by Crippen LogP contribution is 2.23. The fourth-order valence-corrected chi connectivity index (χ4v) is 2.53. The molecule has 0 unspecified atom stereocenters. The number of rotatable bonds is 4. The van der Waals surface area contributed by atoms with Crippen LogP contribution in [0.25, 0.3) is 0 Å². The fraction of sp³-hybridized carbons (Fsp3) is 0. The molecule has 0 heterocycles. The van der Waals surface area contributed by atoms with E-state index in [2.05, 4.69) is 0 Å². The van der Waals surface area contributed by atoms with Crippen molar-refractivity contribution in [2.75, 3.05) is 0 Å². The molecule has 2 rings (SSSR count). The number of hydrogen-bond acceptors (Lipinski definition) is 5. The minimum absolute atomic E-state index is 0.0656. The smallest absolute Gasteiger partial charge is 0.339 e. The van der Waals surface area contributed by atoms with Crippen LogP contribution in [0.4, 0.5) is 5.69 Å². The molecule has 20 heavy (non-hydrogen) atoms. The summed E-state index contributed by atoms with van der Waals surface area (Å²) >= 11 is 5.73. The third-order valence-corrected chi connectivity index (χ3v) is 3.83. The van der Waals surface area contributed by atoms with Crippen molar-refractivity contribution in [3.05, 3.63) is 63.7 Å². The van der Waals surface area contributed by atoms with Crippen LogP contribution in [0.3, 0.4) is 0 Å². The van der Waals surface area contributed by atoms with Gasteiger partial charge in [-0.25, -0.2) is 0 Å². The van der Waals surface area contributed by atoms with Crippen molar-refractivity contribution in [2.24, 2.45) is 0 Å². The highest BCUT2D eigenvalue weighted by atomic mass is 35.5. The van der Waals surface area contributed by atoms with E-state index in [0.717, 1.165) is 24.3 Å². The number of nitrogens with zero attached hydrogens (tertiary/aromatic N) is 1. The van der Waals surface area contributed by atoms with Gasteiger partial charge < -0.3 is 4.18 Å². The molecule has 0 saturated heterocycles. The van der Waals surface area contributed by atoms with Crippen molar-refractivity contribution >= 4 is 27.4 Å². The van der Waals surface area contributed by atoms with Gasteiger partial charge in [-0.2, -0.15) is 8.42 Å². The summed E-state index contributed by atoms with van der Waals surface area (Å²) in [4.78, 5) is 9.71. The number of non-ortho nitro benzene ring substituents is 1. The van der Waals surface area contributed by atoms with Gasteiger partial charge in [0.15, 0.2) is 0 Å². The molecule has 104 valence electrons. The Labute approximate surface area is 119 Å². The van der Waals surface area contributed by atoms with Gasteiger partial charge >= 0.3 is 10.1 Å². The van der Waals surface area contributed by atoms with Crippen molar-refractivity contribution in [2.45, 2.75) is 4.90 Å². The van der Waals surface area contributed by atoms with Gasteiger partial charge in [0, 0.05) is 23.2 Å². The molecule has 2 aromatic carbocycles. The number of hydrogen-bond donors (Lipinski definition) is 0. The zero-order chi connectivity index (χ0) is 14.8. The Bertz CT molecular complexity index is 743. The van der Waals surface area contributed by atoms with Gasteiger partial charge in [0.2, 0.25) is 0 Å². The van der Waals surface area contributed by atoms with E-state index in [-0.39, 0.29) is 16.3 Å². The van der Waals surface area contributed by atoms with E-state index in [0.29, 0.717) is 5.02 Å². The largest absolute Gasteiger partial charge is 0.379 e. The lowest BCUT2D eigenvalue weighted by Crippen LogP contribution is -2.09. The molecule has 0 bridgehead atoms. The molecule has 0 N–H and O–H groups in total. The van der Waals surface area contributed by atoms with E-state index in [4.69, 9.17) is 15.8 Å². The van der Waals surface area contributed by atoms with Gasteiger partial charge in [0.25, 0.3) is 5.69 Å². The predicted molar refractivity (Wildman–Crippen MR) is 72.4 cm³/mol. The Morgan fingerprint density at radius 2 is 1.75 bits per heavy atom. The maximum atomic E-state index is 12.0. The first-order valence-corrected chi connectivity index (χ1v) is 7.11. The normalized spacial score (nSPS) is 11.1. The van der Waals surface area contributed by atoms with Crippen molar-refractivity contribution in [1.82, 2.24) is 0 Å². The number of halogens is 1. The monoisotopic (exact) mass is 313 g/mol. The summed E-state index contributed by atoms with van der Waals surface area (Å²) in [5.74, 6) is 0.0656. The van der Waals surface area contributed by atoms with E-state index >= 15 is 0 Å². The Kier molecular flexibility index (Phi) is 3.91. The fourth-order valence-electron chi connectivity index (χ4n) is 1.43. The molecule has 6 nitrogen and oxygen atoms in total. The Hall–Kier alpha value is -2.12. The van der Waals surface area contributed by atoms with E-state index in [1.807, 2.05) is 0 Å². The molecule has 0 saturated carbocycles. The summed E-state index contributed by atoms with van der Waals surface area (Å²) in [6.45, 7) is 0. The molecule has 0 aromatic heterocycles.